The monoisotopic (exact) mass is 313 g/mol. The van der Waals surface area contributed by atoms with E-state index in [1.165, 1.54) is 17.7 Å². The van der Waals surface area contributed by atoms with E-state index >= 15 is 0 Å². The third-order valence-electron chi connectivity index (χ3n) is 4.63. The van der Waals surface area contributed by atoms with E-state index in [-0.39, 0.29) is 5.82 Å². The molecule has 0 aromatic heterocycles. The van der Waals surface area contributed by atoms with Crippen LogP contribution in [0.15, 0.2) is 48.5 Å². The highest BCUT2D eigenvalue weighted by molar-refractivity contribution is 5.87. The van der Waals surface area contributed by atoms with Gasteiger partial charge in [0.15, 0.2) is 0 Å². The third kappa shape index (κ3) is 3.59. The van der Waals surface area contributed by atoms with E-state index in [4.69, 9.17) is 5.11 Å². The molecule has 3 rings (SSSR count). The zero-order valence-corrected chi connectivity index (χ0v) is 13.1. The van der Waals surface area contributed by atoms with Crippen molar-refractivity contribution >= 4 is 5.97 Å². The zero-order chi connectivity index (χ0) is 16.4. The normalized spacial score (nSPS) is 21.5. The zero-order valence-electron chi connectivity index (χ0n) is 13.1. The van der Waals surface area contributed by atoms with E-state index in [1.54, 1.807) is 12.1 Å². The van der Waals surface area contributed by atoms with Crippen molar-refractivity contribution in [2.24, 2.45) is 0 Å². The number of carboxylic acid groups (broad SMARTS) is 1. The molecule has 1 fully saturated rings. The average Bonchev–Trinajstić information content (AvgIpc) is 2.89. The molecule has 3 nitrogen and oxygen atoms in total. The van der Waals surface area contributed by atoms with Crippen molar-refractivity contribution in [3.63, 3.8) is 0 Å². The summed E-state index contributed by atoms with van der Waals surface area (Å²) in [6.45, 7) is 3.95. The summed E-state index contributed by atoms with van der Waals surface area (Å²) in [4.78, 5) is 13.3. The van der Waals surface area contributed by atoms with Crippen LogP contribution < -0.4 is 0 Å². The van der Waals surface area contributed by atoms with E-state index in [2.05, 4.69) is 11.8 Å². The van der Waals surface area contributed by atoms with Gasteiger partial charge in [0.1, 0.15) is 5.82 Å². The van der Waals surface area contributed by atoms with Crippen LogP contribution in [-0.4, -0.2) is 28.6 Å². The molecule has 1 saturated heterocycles. The summed E-state index contributed by atoms with van der Waals surface area (Å²) >= 11 is 0. The van der Waals surface area contributed by atoms with E-state index in [1.807, 2.05) is 24.3 Å². The number of carboxylic acids is 1. The molecule has 1 heterocycles. The maximum absolute atomic E-state index is 13.1. The maximum atomic E-state index is 13.1. The molecule has 0 bridgehead atoms. The number of rotatable bonds is 4. The third-order valence-corrected chi connectivity index (χ3v) is 4.63. The predicted molar refractivity (Wildman–Crippen MR) is 87.0 cm³/mol. The lowest BCUT2D eigenvalue weighted by Gasteiger charge is -2.21. The second-order valence-electron chi connectivity index (χ2n) is 6.26. The highest BCUT2D eigenvalue weighted by Gasteiger charge is 2.29. The summed E-state index contributed by atoms with van der Waals surface area (Å²) in [6, 6.07) is 14.3. The summed E-state index contributed by atoms with van der Waals surface area (Å²) < 4.78 is 13.1. The van der Waals surface area contributed by atoms with Crippen LogP contribution in [0.1, 0.15) is 40.7 Å². The first-order valence-corrected chi connectivity index (χ1v) is 7.84. The van der Waals surface area contributed by atoms with Crippen molar-refractivity contribution in [2.75, 3.05) is 6.54 Å². The van der Waals surface area contributed by atoms with Crippen molar-refractivity contribution in [1.29, 1.82) is 0 Å². The number of aromatic carboxylic acids is 1. The van der Waals surface area contributed by atoms with Crippen LogP contribution in [-0.2, 0) is 6.54 Å². The predicted octanol–water partition coefficient (Wildman–Crippen LogP) is 3.90. The summed E-state index contributed by atoms with van der Waals surface area (Å²) in [5.74, 6) is -0.679. The van der Waals surface area contributed by atoms with Crippen LogP contribution in [0.3, 0.4) is 0 Å². The van der Waals surface area contributed by atoms with Gasteiger partial charge in [0.2, 0.25) is 0 Å². The first-order valence-electron chi connectivity index (χ1n) is 7.84. The van der Waals surface area contributed by atoms with E-state index in [0.717, 1.165) is 25.1 Å². The SMILES string of the molecule is C[C@H]1C[C@@H](c2ccc(F)cc2)CN1Cc1ccc(C(=O)O)cc1. The molecule has 0 aliphatic carbocycles. The van der Waals surface area contributed by atoms with Crippen LogP contribution in [0.25, 0.3) is 0 Å². The van der Waals surface area contributed by atoms with Crippen molar-refractivity contribution in [3.8, 4) is 0 Å². The molecule has 2 atom stereocenters. The lowest BCUT2D eigenvalue weighted by atomic mass is 9.97. The Balaban J connectivity index is 1.67. The largest absolute Gasteiger partial charge is 0.478 e. The van der Waals surface area contributed by atoms with Crippen LogP contribution in [0.5, 0.6) is 0 Å². The first-order chi connectivity index (χ1) is 11.0. The molecule has 0 spiro atoms. The Bertz CT molecular complexity index is 682. The Morgan fingerprint density at radius 1 is 1.17 bits per heavy atom. The van der Waals surface area contributed by atoms with Crippen LogP contribution in [0.4, 0.5) is 4.39 Å². The van der Waals surface area contributed by atoms with Gasteiger partial charge in [0, 0.05) is 19.1 Å². The molecule has 1 aliphatic heterocycles. The Hall–Kier alpha value is -2.20. The van der Waals surface area contributed by atoms with Gasteiger partial charge in [-0.1, -0.05) is 24.3 Å². The molecule has 0 saturated carbocycles. The van der Waals surface area contributed by atoms with Gasteiger partial charge in [-0.3, -0.25) is 4.90 Å². The molecule has 2 aromatic carbocycles. The van der Waals surface area contributed by atoms with Gasteiger partial charge in [0.05, 0.1) is 5.56 Å². The Morgan fingerprint density at radius 2 is 1.83 bits per heavy atom. The number of hydrogen-bond acceptors (Lipinski definition) is 2. The topological polar surface area (TPSA) is 40.5 Å². The van der Waals surface area contributed by atoms with Gasteiger partial charge in [-0.15, -0.1) is 0 Å². The Kier molecular flexibility index (Phi) is 4.44. The quantitative estimate of drug-likeness (QED) is 0.930. The average molecular weight is 313 g/mol. The smallest absolute Gasteiger partial charge is 0.335 e. The number of nitrogens with zero attached hydrogens (tertiary/aromatic N) is 1. The summed E-state index contributed by atoms with van der Waals surface area (Å²) in [7, 11) is 0. The number of carbonyl (C=O) groups is 1. The molecule has 2 aromatic rings. The van der Waals surface area contributed by atoms with Gasteiger partial charge < -0.3 is 5.11 Å². The number of halogens is 1. The van der Waals surface area contributed by atoms with Gasteiger partial charge >= 0.3 is 5.97 Å². The number of hydrogen-bond donors (Lipinski definition) is 1. The summed E-state index contributed by atoms with van der Waals surface area (Å²) in [5.41, 5.74) is 2.61. The second-order valence-corrected chi connectivity index (χ2v) is 6.26. The van der Waals surface area contributed by atoms with Crippen molar-refractivity contribution < 1.29 is 14.3 Å². The fraction of sp³-hybridized carbons (Fsp3) is 0.316. The standard InChI is InChI=1S/C19H20FNO2/c1-13-10-17(15-6-8-18(20)9-7-15)12-21(13)11-14-2-4-16(5-3-14)19(22)23/h2-9,13,17H,10-12H2,1H3,(H,22,23)/t13-,17+/m0/s1. The molecular formula is C19H20FNO2. The Labute approximate surface area is 135 Å². The molecule has 23 heavy (non-hydrogen) atoms. The molecule has 0 unspecified atom stereocenters. The van der Waals surface area contributed by atoms with Crippen molar-refractivity contribution in [2.45, 2.75) is 31.8 Å². The molecule has 1 aliphatic rings. The minimum Gasteiger partial charge on any atom is -0.478 e. The number of benzene rings is 2. The van der Waals surface area contributed by atoms with E-state index < -0.39 is 5.97 Å². The van der Waals surface area contributed by atoms with Gasteiger partial charge in [-0.2, -0.15) is 0 Å². The Morgan fingerprint density at radius 3 is 2.43 bits per heavy atom. The van der Waals surface area contributed by atoms with Crippen molar-refractivity contribution in [1.82, 2.24) is 4.90 Å². The minimum atomic E-state index is -0.900. The highest BCUT2D eigenvalue weighted by atomic mass is 19.1. The summed E-state index contributed by atoms with van der Waals surface area (Å²) in [6.07, 6.45) is 1.05. The number of likely N-dealkylation sites (tertiary alicyclic amines) is 1. The molecule has 0 radical (unpaired) electrons. The van der Waals surface area contributed by atoms with Crippen LogP contribution in [0.2, 0.25) is 0 Å². The van der Waals surface area contributed by atoms with Gasteiger partial charge in [-0.05, 0) is 54.7 Å². The summed E-state index contributed by atoms with van der Waals surface area (Å²) in [5, 5.41) is 8.95. The second kappa shape index (κ2) is 6.50. The lowest BCUT2D eigenvalue weighted by Crippen LogP contribution is -2.26. The molecule has 120 valence electrons. The van der Waals surface area contributed by atoms with Crippen molar-refractivity contribution in [3.05, 3.63) is 71.0 Å². The first kappa shape index (κ1) is 15.7. The fourth-order valence-corrected chi connectivity index (χ4v) is 3.28. The van der Waals surface area contributed by atoms with E-state index in [9.17, 15) is 9.18 Å². The molecule has 1 N–H and O–H groups in total. The van der Waals surface area contributed by atoms with Gasteiger partial charge in [-0.25, -0.2) is 9.18 Å². The van der Waals surface area contributed by atoms with Crippen LogP contribution >= 0.6 is 0 Å². The van der Waals surface area contributed by atoms with E-state index in [0.29, 0.717) is 17.5 Å². The minimum absolute atomic E-state index is 0.199. The highest BCUT2D eigenvalue weighted by Crippen LogP contribution is 2.32. The van der Waals surface area contributed by atoms with Crippen LogP contribution in [0, 0.1) is 5.82 Å². The van der Waals surface area contributed by atoms with Gasteiger partial charge in [0.25, 0.3) is 0 Å². The fourth-order valence-electron chi connectivity index (χ4n) is 3.28. The molecule has 4 heteroatoms. The maximum Gasteiger partial charge on any atom is 0.335 e. The molecule has 0 amide bonds. The lowest BCUT2D eigenvalue weighted by molar-refractivity contribution is 0.0697. The molecular weight excluding hydrogens is 293 g/mol.